The Morgan fingerprint density at radius 1 is 0.971 bits per heavy atom. The number of nitrogens with zero attached hydrogens (tertiary/aromatic N) is 3. The molecule has 2 N–H and O–H groups in total. The van der Waals surface area contributed by atoms with Gasteiger partial charge in [0.2, 0.25) is 11.7 Å². The number of rotatable bonds is 7. The number of hydrogen-bond donors (Lipinski definition) is 1. The average molecular weight is 453 g/mol. The summed E-state index contributed by atoms with van der Waals surface area (Å²) in [6.45, 7) is 0.721. The smallest absolute Gasteiger partial charge is 0.240 e. The van der Waals surface area contributed by atoms with Crippen LogP contribution in [0.3, 0.4) is 0 Å². The van der Waals surface area contributed by atoms with Gasteiger partial charge in [0, 0.05) is 17.2 Å². The topological polar surface area (TPSA) is 87.1 Å². The number of benzene rings is 2. The predicted octanol–water partition coefficient (Wildman–Crippen LogP) is 5.28. The summed E-state index contributed by atoms with van der Waals surface area (Å²) in [5.41, 5.74) is 10.3. The average Bonchev–Trinajstić information content (AvgIpc) is 3.65. The van der Waals surface area contributed by atoms with Gasteiger partial charge in [-0.1, -0.05) is 54.0 Å². The van der Waals surface area contributed by atoms with E-state index in [2.05, 4.69) is 63.7 Å². The van der Waals surface area contributed by atoms with Crippen molar-refractivity contribution in [2.75, 3.05) is 0 Å². The van der Waals surface area contributed by atoms with Crippen LogP contribution in [0.25, 0.3) is 11.4 Å². The quantitative estimate of drug-likeness (QED) is 0.411. The Bertz CT molecular complexity index is 1250. The highest BCUT2D eigenvalue weighted by Gasteiger charge is 2.52. The minimum atomic E-state index is 0.0423. The SMILES string of the molecule is NCc1nc(-c2ccc([C@]3(c4ccc(OCc5ccccn5)cc4)C[C@@H]4CC[C@H]3C4)cc2)no1. The highest BCUT2D eigenvalue weighted by Crippen LogP contribution is 2.60. The first-order valence-electron chi connectivity index (χ1n) is 12.0. The first-order valence-corrected chi connectivity index (χ1v) is 12.0. The molecule has 0 aliphatic heterocycles. The number of hydrogen-bond acceptors (Lipinski definition) is 6. The van der Waals surface area contributed by atoms with Gasteiger partial charge in [0.1, 0.15) is 12.4 Å². The highest BCUT2D eigenvalue weighted by molar-refractivity contribution is 5.57. The second kappa shape index (κ2) is 8.69. The Balaban J connectivity index is 1.28. The van der Waals surface area contributed by atoms with Crippen LogP contribution in [0.5, 0.6) is 5.75 Å². The Morgan fingerprint density at radius 3 is 2.38 bits per heavy atom. The van der Waals surface area contributed by atoms with Crippen LogP contribution < -0.4 is 10.5 Å². The fraction of sp³-hybridized carbons (Fsp3) is 0.321. The molecule has 6 rings (SSSR count). The molecule has 2 heterocycles. The van der Waals surface area contributed by atoms with Crippen LogP contribution in [0, 0.1) is 11.8 Å². The maximum Gasteiger partial charge on any atom is 0.240 e. The molecule has 6 nitrogen and oxygen atoms in total. The molecule has 4 aromatic rings. The molecule has 6 heteroatoms. The van der Waals surface area contributed by atoms with Crippen molar-refractivity contribution in [3.63, 3.8) is 0 Å². The molecule has 2 aliphatic rings. The first kappa shape index (κ1) is 21.1. The van der Waals surface area contributed by atoms with Gasteiger partial charge in [-0.15, -0.1) is 0 Å². The monoisotopic (exact) mass is 452 g/mol. The van der Waals surface area contributed by atoms with Crippen molar-refractivity contribution in [1.82, 2.24) is 15.1 Å². The molecule has 0 saturated heterocycles. The van der Waals surface area contributed by atoms with Gasteiger partial charge in [-0.25, -0.2) is 0 Å². The summed E-state index contributed by atoms with van der Waals surface area (Å²) < 4.78 is 11.2. The van der Waals surface area contributed by atoms with Crippen molar-refractivity contribution in [3.05, 3.63) is 95.6 Å². The van der Waals surface area contributed by atoms with Crippen LogP contribution in [0.15, 0.2) is 77.4 Å². The molecule has 0 unspecified atom stereocenters. The summed E-state index contributed by atoms with van der Waals surface area (Å²) >= 11 is 0. The van der Waals surface area contributed by atoms with Gasteiger partial charge in [0.15, 0.2) is 0 Å². The third-order valence-corrected chi connectivity index (χ3v) is 7.63. The molecule has 34 heavy (non-hydrogen) atoms. The van der Waals surface area contributed by atoms with Crippen molar-refractivity contribution >= 4 is 0 Å². The maximum absolute atomic E-state index is 5.99. The van der Waals surface area contributed by atoms with Crippen LogP contribution in [0.4, 0.5) is 0 Å². The zero-order valence-corrected chi connectivity index (χ0v) is 19.1. The lowest BCUT2D eigenvalue weighted by atomic mass is 9.64. The molecular weight excluding hydrogens is 424 g/mol. The lowest BCUT2D eigenvalue weighted by molar-refractivity contribution is 0.299. The van der Waals surface area contributed by atoms with Crippen LogP contribution in [0.2, 0.25) is 0 Å². The van der Waals surface area contributed by atoms with Gasteiger partial charge < -0.3 is 15.0 Å². The molecule has 2 aromatic heterocycles. The molecule has 2 aliphatic carbocycles. The first-order chi connectivity index (χ1) is 16.7. The maximum atomic E-state index is 5.99. The van der Waals surface area contributed by atoms with Gasteiger partial charge >= 0.3 is 0 Å². The summed E-state index contributed by atoms with van der Waals surface area (Å²) in [6.07, 6.45) is 6.94. The summed E-state index contributed by atoms with van der Waals surface area (Å²) in [7, 11) is 0. The number of nitrogens with two attached hydrogens (primary N) is 1. The molecule has 2 fully saturated rings. The molecule has 2 bridgehead atoms. The van der Waals surface area contributed by atoms with E-state index in [0.29, 0.717) is 24.2 Å². The molecule has 0 spiro atoms. The fourth-order valence-corrected chi connectivity index (χ4v) is 6.06. The van der Waals surface area contributed by atoms with Crippen LogP contribution in [-0.4, -0.2) is 15.1 Å². The van der Waals surface area contributed by atoms with Crippen molar-refractivity contribution in [2.24, 2.45) is 17.6 Å². The Labute approximate surface area is 199 Å². The molecule has 0 radical (unpaired) electrons. The second-order valence-corrected chi connectivity index (χ2v) is 9.48. The van der Waals surface area contributed by atoms with E-state index in [0.717, 1.165) is 22.9 Å². The standard InChI is InChI=1S/C28H28N4O2/c29-17-26-31-27(32-34-26)20-5-8-21(9-6-20)28(16-19-4-7-23(28)15-19)22-10-12-25(13-11-22)33-18-24-3-1-2-14-30-24/h1-3,5-6,8-14,19,23H,4,7,15-18,29H2/t19-,23+,28+/m1/s1. The normalized spacial score (nSPS) is 23.3. The van der Waals surface area contributed by atoms with E-state index in [9.17, 15) is 0 Å². The minimum Gasteiger partial charge on any atom is -0.487 e. The Morgan fingerprint density at radius 2 is 1.76 bits per heavy atom. The van der Waals surface area contributed by atoms with Crippen molar-refractivity contribution < 1.29 is 9.26 Å². The zero-order valence-electron chi connectivity index (χ0n) is 19.1. The van der Waals surface area contributed by atoms with Crippen LogP contribution >= 0.6 is 0 Å². The van der Waals surface area contributed by atoms with Gasteiger partial charge in [-0.05, 0) is 66.5 Å². The fourth-order valence-electron chi connectivity index (χ4n) is 6.06. The van der Waals surface area contributed by atoms with Crippen LogP contribution in [0.1, 0.15) is 48.4 Å². The van der Waals surface area contributed by atoms with E-state index < -0.39 is 0 Å². The molecule has 0 amide bonds. The zero-order chi connectivity index (χ0) is 23.0. The lowest BCUT2D eigenvalue weighted by Gasteiger charge is -2.39. The third kappa shape index (κ3) is 3.68. The Kier molecular flexibility index (Phi) is 5.38. The predicted molar refractivity (Wildman–Crippen MR) is 129 cm³/mol. The minimum absolute atomic E-state index is 0.0423. The lowest BCUT2D eigenvalue weighted by Crippen LogP contribution is -2.34. The van der Waals surface area contributed by atoms with Gasteiger partial charge in [0.25, 0.3) is 0 Å². The van der Waals surface area contributed by atoms with Gasteiger partial charge in [0.05, 0.1) is 12.2 Å². The molecular formula is C28H28N4O2. The number of ether oxygens (including phenoxy) is 1. The number of fused-ring (bicyclic) bond motifs is 2. The summed E-state index contributed by atoms with van der Waals surface area (Å²) in [5.74, 6) is 3.38. The summed E-state index contributed by atoms with van der Waals surface area (Å²) in [6, 6.07) is 23.3. The van der Waals surface area contributed by atoms with E-state index >= 15 is 0 Å². The van der Waals surface area contributed by atoms with E-state index in [1.165, 1.54) is 36.8 Å². The summed E-state index contributed by atoms with van der Waals surface area (Å²) in [5, 5.41) is 4.06. The van der Waals surface area contributed by atoms with Gasteiger partial charge in [-0.3, -0.25) is 4.98 Å². The van der Waals surface area contributed by atoms with E-state index in [4.69, 9.17) is 15.0 Å². The van der Waals surface area contributed by atoms with Gasteiger partial charge in [-0.2, -0.15) is 4.98 Å². The molecule has 172 valence electrons. The van der Waals surface area contributed by atoms with E-state index in [1.807, 2.05) is 18.2 Å². The molecule has 2 aromatic carbocycles. The second-order valence-electron chi connectivity index (χ2n) is 9.48. The number of pyridine rings is 1. The largest absolute Gasteiger partial charge is 0.487 e. The summed E-state index contributed by atoms with van der Waals surface area (Å²) in [4.78, 5) is 8.71. The molecule has 3 atom stereocenters. The van der Waals surface area contributed by atoms with Crippen LogP contribution in [-0.2, 0) is 18.6 Å². The highest BCUT2D eigenvalue weighted by atomic mass is 16.5. The molecule has 2 saturated carbocycles. The Hall–Kier alpha value is -3.51. The van der Waals surface area contributed by atoms with Crippen molar-refractivity contribution in [2.45, 2.75) is 44.2 Å². The van der Waals surface area contributed by atoms with E-state index in [1.54, 1.807) is 6.20 Å². The van der Waals surface area contributed by atoms with Crippen molar-refractivity contribution in [3.8, 4) is 17.1 Å². The van der Waals surface area contributed by atoms with E-state index in [-0.39, 0.29) is 12.0 Å². The van der Waals surface area contributed by atoms with Crippen molar-refractivity contribution in [1.29, 1.82) is 0 Å². The number of aromatic nitrogens is 3. The third-order valence-electron chi connectivity index (χ3n) is 7.63.